The summed E-state index contributed by atoms with van der Waals surface area (Å²) in [5.74, 6) is 0.988. The van der Waals surface area contributed by atoms with E-state index in [0.717, 1.165) is 24.3 Å². The molecule has 0 bridgehead atoms. The Bertz CT molecular complexity index is 612. The zero-order valence-corrected chi connectivity index (χ0v) is 12.3. The van der Waals surface area contributed by atoms with Crippen LogP contribution in [0.25, 0.3) is 0 Å². The third-order valence-electron chi connectivity index (χ3n) is 3.80. The molecule has 1 N–H and O–H groups in total. The lowest BCUT2D eigenvalue weighted by molar-refractivity contribution is 0.508. The second-order valence-corrected chi connectivity index (χ2v) is 6.32. The minimum atomic E-state index is -0.161. The molecule has 0 saturated carbocycles. The van der Waals surface area contributed by atoms with Crippen LogP contribution in [-0.4, -0.2) is 5.75 Å². The van der Waals surface area contributed by atoms with Crippen LogP contribution in [0.1, 0.15) is 29.2 Å². The van der Waals surface area contributed by atoms with Crippen LogP contribution >= 0.6 is 11.8 Å². The average Bonchev–Trinajstić information content (AvgIpc) is 2.46. The number of nitrogens with one attached hydrogen (secondary N) is 1. The lowest BCUT2D eigenvalue weighted by Gasteiger charge is -2.26. The SMILES string of the molecule is Cc1cc(F)ccc1CNC1CCSc2ccccc21. The van der Waals surface area contributed by atoms with E-state index in [-0.39, 0.29) is 5.82 Å². The molecule has 1 aliphatic heterocycles. The number of halogens is 1. The Labute approximate surface area is 123 Å². The maximum atomic E-state index is 13.1. The van der Waals surface area contributed by atoms with Gasteiger partial charge in [-0.2, -0.15) is 0 Å². The van der Waals surface area contributed by atoms with Gasteiger partial charge in [0.15, 0.2) is 0 Å². The Balaban J connectivity index is 1.73. The molecule has 0 amide bonds. The van der Waals surface area contributed by atoms with Gasteiger partial charge in [0.05, 0.1) is 0 Å². The molecule has 0 radical (unpaired) electrons. The maximum Gasteiger partial charge on any atom is 0.123 e. The molecular weight excluding hydrogens is 269 g/mol. The summed E-state index contributed by atoms with van der Waals surface area (Å²) < 4.78 is 13.1. The minimum Gasteiger partial charge on any atom is -0.306 e. The molecule has 0 aliphatic carbocycles. The summed E-state index contributed by atoms with van der Waals surface area (Å²) in [6.45, 7) is 2.75. The monoisotopic (exact) mass is 287 g/mol. The van der Waals surface area contributed by atoms with Crippen LogP contribution in [-0.2, 0) is 6.54 Å². The molecule has 2 aromatic rings. The van der Waals surface area contributed by atoms with Crippen molar-refractivity contribution in [1.82, 2.24) is 5.32 Å². The molecule has 0 fully saturated rings. The highest BCUT2D eigenvalue weighted by Crippen LogP contribution is 2.35. The van der Waals surface area contributed by atoms with E-state index >= 15 is 0 Å². The second kappa shape index (κ2) is 5.98. The number of hydrogen-bond acceptors (Lipinski definition) is 2. The second-order valence-electron chi connectivity index (χ2n) is 5.18. The summed E-state index contributed by atoms with van der Waals surface area (Å²) in [6.07, 6.45) is 1.14. The van der Waals surface area contributed by atoms with Gasteiger partial charge in [-0.05, 0) is 54.0 Å². The Morgan fingerprint density at radius 1 is 1.25 bits per heavy atom. The number of benzene rings is 2. The van der Waals surface area contributed by atoms with Crippen molar-refractivity contribution in [1.29, 1.82) is 0 Å². The number of hydrogen-bond donors (Lipinski definition) is 1. The van der Waals surface area contributed by atoms with Crippen LogP contribution in [0.2, 0.25) is 0 Å². The van der Waals surface area contributed by atoms with E-state index in [4.69, 9.17) is 0 Å². The smallest absolute Gasteiger partial charge is 0.123 e. The molecule has 20 heavy (non-hydrogen) atoms. The molecular formula is C17H18FNS. The van der Waals surface area contributed by atoms with Gasteiger partial charge in [0.2, 0.25) is 0 Å². The van der Waals surface area contributed by atoms with Gasteiger partial charge in [-0.25, -0.2) is 4.39 Å². The molecule has 3 heteroatoms. The molecule has 0 saturated heterocycles. The summed E-state index contributed by atoms with van der Waals surface area (Å²) in [4.78, 5) is 1.38. The summed E-state index contributed by atoms with van der Waals surface area (Å²) in [6, 6.07) is 14.0. The average molecular weight is 287 g/mol. The Kier molecular flexibility index (Phi) is 4.08. The first-order chi connectivity index (χ1) is 9.74. The van der Waals surface area contributed by atoms with Gasteiger partial charge in [0, 0.05) is 17.5 Å². The van der Waals surface area contributed by atoms with E-state index in [0.29, 0.717) is 6.04 Å². The van der Waals surface area contributed by atoms with E-state index in [1.54, 1.807) is 6.07 Å². The zero-order valence-electron chi connectivity index (χ0n) is 11.5. The van der Waals surface area contributed by atoms with Crippen molar-refractivity contribution < 1.29 is 4.39 Å². The number of rotatable bonds is 3. The van der Waals surface area contributed by atoms with Crippen molar-refractivity contribution in [3.63, 3.8) is 0 Å². The van der Waals surface area contributed by atoms with Gasteiger partial charge >= 0.3 is 0 Å². The Hall–Kier alpha value is -1.32. The number of aryl methyl sites for hydroxylation is 1. The first kappa shape index (κ1) is 13.7. The number of thioether (sulfide) groups is 1. The predicted molar refractivity (Wildman–Crippen MR) is 82.5 cm³/mol. The topological polar surface area (TPSA) is 12.0 Å². The highest BCUT2D eigenvalue weighted by atomic mass is 32.2. The first-order valence-electron chi connectivity index (χ1n) is 6.94. The quantitative estimate of drug-likeness (QED) is 0.894. The standard InChI is InChI=1S/C17H18FNS/c1-12-10-14(18)7-6-13(12)11-19-16-8-9-20-17-5-3-2-4-15(16)17/h2-7,10,16,19H,8-9,11H2,1H3. The molecule has 1 nitrogen and oxygen atoms in total. The van der Waals surface area contributed by atoms with Gasteiger partial charge in [-0.15, -0.1) is 11.8 Å². The van der Waals surface area contributed by atoms with E-state index in [2.05, 4.69) is 29.6 Å². The fourth-order valence-electron chi connectivity index (χ4n) is 2.64. The third kappa shape index (κ3) is 2.89. The predicted octanol–water partition coefficient (Wildman–Crippen LogP) is 4.46. The Morgan fingerprint density at radius 3 is 2.95 bits per heavy atom. The number of fused-ring (bicyclic) bond motifs is 1. The van der Waals surface area contributed by atoms with Gasteiger partial charge in [0.1, 0.15) is 5.82 Å². The van der Waals surface area contributed by atoms with Crippen molar-refractivity contribution in [3.05, 3.63) is 65.0 Å². The molecule has 1 atom stereocenters. The summed E-state index contributed by atoms with van der Waals surface area (Å²) in [7, 11) is 0. The highest BCUT2D eigenvalue weighted by molar-refractivity contribution is 7.99. The lowest BCUT2D eigenvalue weighted by atomic mass is 10.0. The molecule has 2 aromatic carbocycles. The van der Waals surface area contributed by atoms with Crippen LogP contribution in [0.3, 0.4) is 0 Å². The fourth-order valence-corrected chi connectivity index (χ4v) is 3.77. The highest BCUT2D eigenvalue weighted by Gasteiger charge is 2.19. The molecule has 104 valence electrons. The first-order valence-corrected chi connectivity index (χ1v) is 7.93. The van der Waals surface area contributed by atoms with Crippen molar-refractivity contribution in [3.8, 4) is 0 Å². The summed E-state index contributed by atoms with van der Waals surface area (Å²) >= 11 is 1.93. The van der Waals surface area contributed by atoms with Crippen molar-refractivity contribution >= 4 is 11.8 Å². The van der Waals surface area contributed by atoms with Gasteiger partial charge in [-0.3, -0.25) is 0 Å². The van der Waals surface area contributed by atoms with E-state index < -0.39 is 0 Å². The lowest BCUT2D eigenvalue weighted by Crippen LogP contribution is -2.24. The zero-order chi connectivity index (χ0) is 13.9. The molecule has 1 aliphatic rings. The van der Waals surface area contributed by atoms with Crippen molar-refractivity contribution in [2.75, 3.05) is 5.75 Å². The minimum absolute atomic E-state index is 0.161. The van der Waals surface area contributed by atoms with Gasteiger partial charge in [0.25, 0.3) is 0 Å². The molecule has 0 aromatic heterocycles. The fraction of sp³-hybridized carbons (Fsp3) is 0.294. The van der Waals surface area contributed by atoms with E-state index in [9.17, 15) is 4.39 Å². The molecule has 3 rings (SSSR count). The van der Waals surface area contributed by atoms with Crippen molar-refractivity contribution in [2.24, 2.45) is 0 Å². The van der Waals surface area contributed by atoms with Crippen LogP contribution in [0.15, 0.2) is 47.4 Å². The largest absolute Gasteiger partial charge is 0.306 e. The maximum absolute atomic E-state index is 13.1. The Morgan fingerprint density at radius 2 is 2.10 bits per heavy atom. The molecule has 0 spiro atoms. The molecule has 1 heterocycles. The normalized spacial score (nSPS) is 17.8. The van der Waals surface area contributed by atoms with Crippen LogP contribution < -0.4 is 5.32 Å². The summed E-state index contributed by atoms with van der Waals surface area (Å²) in [5, 5.41) is 3.62. The van der Waals surface area contributed by atoms with Crippen LogP contribution in [0, 0.1) is 12.7 Å². The third-order valence-corrected chi connectivity index (χ3v) is 4.92. The summed E-state index contributed by atoms with van der Waals surface area (Å²) in [5.41, 5.74) is 3.57. The van der Waals surface area contributed by atoms with Gasteiger partial charge in [-0.1, -0.05) is 24.3 Å². The van der Waals surface area contributed by atoms with Crippen LogP contribution in [0.4, 0.5) is 4.39 Å². The van der Waals surface area contributed by atoms with E-state index in [1.807, 2.05) is 24.8 Å². The van der Waals surface area contributed by atoms with E-state index in [1.165, 1.54) is 22.1 Å². The molecule has 1 unspecified atom stereocenters. The van der Waals surface area contributed by atoms with Crippen molar-refractivity contribution in [2.45, 2.75) is 30.8 Å². The van der Waals surface area contributed by atoms with Crippen LogP contribution in [0.5, 0.6) is 0 Å². The van der Waals surface area contributed by atoms with Gasteiger partial charge < -0.3 is 5.32 Å².